The van der Waals surface area contributed by atoms with Gasteiger partial charge in [0.2, 0.25) is 10.0 Å². The molecule has 74 valence electrons. The molecule has 0 saturated heterocycles. The highest BCUT2D eigenvalue weighted by Crippen LogP contribution is 2.11. The molecule has 4 heteroatoms. The smallest absolute Gasteiger partial charge is 0.211 e. The Kier molecular flexibility index (Phi) is 5.50. The first-order valence-electron chi connectivity index (χ1n) is 4.54. The molecule has 0 aromatic rings. The number of sulfonamides is 1. The van der Waals surface area contributed by atoms with E-state index in [1.165, 1.54) is 0 Å². The van der Waals surface area contributed by atoms with Gasteiger partial charge in [-0.15, -0.1) is 0 Å². The molecule has 0 amide bonds. The average Bonchev–Trinajstić information content (AvgIpc) is 1.95. The van der Waals surface area contributed by atoms with Crippen molar-refractivity contribution in [1.82, 2.24) is 0 Å². The Morgan fingerprint density at radius 3 is 2.17 bits per heavy atom. The first-order chi connectivity index (χ1) is 5.52. The molecule has 0 aromatic carbocycles. The molecular weight excluding hydrogens is 174 g/mol. The first-order valence-corrected chi connectivity index (χ1v) is 6.14. The van der Waals surface area contributed by atoms with E-state index in [0.717, 1.165) is 19.3 Å². The molecule has 0 spiro atoms. The second-order valence-corrected chi connectivity index (χ2v) is 4.96. The molecule has 0 aromatic heterocycles. The largest absolute Gasteiger partial charge is 0.228 e. The van der Waals surface area contributed by atoms with Gasteiger partial charge in [-0.2, -0.15) is 0 Å². The third kappa shape index (κ3) is 4.72. The lowest BCUT2D eigenvalue weighted by molar-refractivity contribution is 0.554. The highest BCUT2D eigenvalue weighted by atomic mass is 32.2. The molecule has 0 bridgehead atoms. The highest BCUT2D eigenvalue weighted by molar-refractivity contribution is 7.89. The molecule has 0 aliphatic carbocycles. The predicted octanol–water partition coefficient (Wildman–Crippen LogP) is 1.63. The van der Waals surface area contributed by atoms with Crippen molar-refractivity contribution < 1.29 is 8.42 Å². The van der Waals surface area contributed by atoms with Gasteiger partial charge < -0.3 is 0 Å². The second-order valence-electron chi connectivity index (χ2n) is 3.12. The zero-order valence-corrected chi connectivity index (χ0v) is 8.73. The van der Waals surface area contributed by atoms with E-state index in [9.17, 15) is 8.42 Å². The van der Waals surface area contributed by atoms with E-state index in [1.54, 1.807) is 0 Å². The summed E-state index contributed by atoms with van der Waals surface area (Å²) in [6.45, 7) is 3.96. The summed E-state index contributed by atoms with van der Waals surface area (Å²) in [5, 5.41) is 4.72. The fourth-order valence-corrected chi connectivity index (χ4v) is 2.18. The lowest BCUT2D eigenvalue weighted by Crippen LogP contribution is -2.27. The van der Waals surface area contributed by atoms with Gasteiger partial charge in [0.05, 0.1) is 5.25 Å². The molecule has 0 fully saturated rings. The molecule has 1 atom stereocenters. The monoisotopic (exact) mass is 193 g/mol. The molecule has 2 N–H and O–H groups in total. The van der Waals surface area contributed by atoms with Crippen molar-refractivity contribution >= 4 is 10.0 Å². The van der Waals surface area contributed by atoms with Crippen LogP contribution in [0.4, 0.5) is 0 Å². The summed E-state index contributed by atoms with van der Waals surface area (Å²) in [4.78, 5) is 0. The summed E-state index contributed by atoms with van der Waals surface area (Å²) in [5.41, 5.74) is 0. The molecule has 0 aliphatic heterocycles. The normalized spacial score (nSPS) is 14.6. The SMILES string of the molecule is CCCCC[C@@H](CC)S(N)(=O)=O. The van der Waals surface area contributed by atoms with E-state index < -0.39 is 10.0 Å². The van der Waals surface area contributed by atoms with E-state index in [4.69, 9.17) is 5.14 Å². The number of hydrogen-bond acceptors (Lipinski definition) is 2. The maximum absolute atomic E-state index is 10.9. The van der Waals surface area contributed by atoms with Crippen molar-refractivity contribution in [1.29, 1.82) is 0 Å². The van der Waals surface area contributed by atoms with E-state index in [0.29, 0.717) is 12.8 Å². The van der Waals surface area contributed by atoms with Gasteiger partial charge in [-0.1, -0.05) is 33.1 Å². The van der Waals surface area contributed by atoms with Gasteiger partial charge in [0.1, 0.15) is 0 Å². The molecule has 0 saturated carbocycles. The van der Waals surface area contributed by atoms with E-state index >= 15 is 0 Å². The minimum absolute atomic E-state index is 0.330. The van der Waals surface area contributed by atoms with Gasteiger partial charge in [0.25, 0.3) is 0 Å². The van der Waals surface area contributed by atoms with Crippen LogP contribution in [0.25, 0.3) is 0 Å². The Hall–Kier alpha value is -0.0900. The third-order valence-electron chi connectivity index (χ3n) is 2.05. The molecule has 0 radical (unpaired) electrons. The second kappa shape index (κ2) is 5.54. The number of primary sulfonamides is 1. The minimum atomic E-state index is -3.30. The summed E-state index contributed by atoms with van der Waals surface area (Å²) in [6.07, 6.45) is 4.50. The lowest BCUT2D eigenvalue weighted by Gasteiger charge is -2.11. The molecule has 0 rings (SSSR count). The predicted molar refractivity (Wildman–Crippen MR) is 51.3 cm³/mol. The topological polar surface area (TPSA) is 60.2 Å². The summed E-state index contributed by atoms with van der Waals surface area (Å²) < 4.78 is 21.9. The summed E-state index contributed by atoms with van der Waals surface area (Å²) in [6, 6.07) is 0. The molecular formula is C8H19NO2S. The van der Waals surface area contributed by atoms with Gasteiger partial charge in [0.15, 0.2) is 0 Å². The maximum Gasteiger partial charge on any atom is 0.211 e. The van der Waals surface area contributed by atoms with Crippen LogP contribution in [0.2, 0.25) is 0 Å². The molecule has 0 aliphatic rings. The highest BCUT2D eigenvalue weighted by Gasteiger charge is 2.17. The maximum atomic E-state index is 10.9. The minimum Gasteiger partial charge on any atom is -0.228 e. The van der Waals surface area contributed by atoms with Crippen LogP contribution >= 0.6 is 0 Å². The van der Waals surface area contributed by atoms with Crippen LogP contribution in [0.1, 0.15) is 46.0 Å². The van der Waals surface area contributed by atoms with Crippen molar-refractivity contribution in [2.75, 3.05) is 0 Å². The van der Waals surface area contributed by atoms with Crippen molar-refractivity contribution in [3.05, 3.63) is 0 Å². The standard InChI is InChI=1S/C8H19NO2S/c1-3-5-6-7-8(4-2)12(9,10)11/h8H,3-7H2,1-2H3,(H2,9,10,11)/t8-/m1/s1. The Morgan fingerprint density at radius 2 is 1.83 bits per heavy atom. The third-order valence-corrected chi connectivity index (χ3v) is 3.55. The Labute approximate surface area is 75.4 Å². The van der Waals surface area contributed by atoms with Crippen LogP contribution in [0, 0.1) is 0 Å². The van der Waals surface area contributed by atoms with Gasteiger partial charge in [-0.05, 0) is 12.8 Å². The van der Waals surface area contributed by atoms with Crippen molar-refractivity contribution in [2.24, 2.45) is 5.14 Å². The Balaban J connectivity index is 3.85. The van der Waals surface area contributed by atoms with Crippen LogP contribution in [0.3, 0.4) is 0 Å². The zero-order valence-electron chi connectivity index (χ0n) is 7.91. The Bertz CT molecular complexity index is 199. The van der Waals surface area contributed by atoms with Gasteiger partial charge in [-0.3, -0.25) is 0 Å². The molecule has 3 nitrogen and oxygen atoms in total. The molecule has 0 unspecified atom stereocenters. The van der Waals surface area contributed by atoms with Crippen molar-refractivity contribution in [3.8, 4) is 0 Å². The number of hydrogen-bond donors (Lipinski definition) is 1. The van der Waals surface area contributed by atoms with Crippen LogP contribution < -0.4 is 5.14 Å². The number of unbranched alkanes of at least 4 members (excludes halogenated alkanes) is 2. The van der Waals surface area contributed by atoms with Crippen LogP contribution in [0.5, 0.6) is 0 Å². The van der Waals surface area contributed by atoms with Crippen LogP contribution in [-0.2, 0) is 10.0 Å². The summed E-state index contributed by atoms with van der Waals surface area (Å²) in [7, 11) is -3.30. The van der Waals surface area contributed by atoms with Gasteiger partial charge in [0, 0.05) is 0 Å². The van der Waals surface area contributed by atoms with E-state index in [1.807, 2.05) is 6.92 Å². The summed E-state index contributed by atoms with van der Waals surface area (Å²) in [5.74, 6) is 0. The van der Waals surface area contributed by atoms with Crippen LogP contribution in [-0.4, -0.2) is 13.7 Å². The van der Waals surface area contributed by atoms with Gasteiger partial charge in [-0.25, -0.2) is 13.6 Å². The lowest BCUT2D eigenvalue weighted by atomic mass is 10.1. The number of nitrogens with two attached hydrogens (primary N) is 1. The Morgan fingerprint density at radius 1 is 1.25 bits per heavy atom. The van der Waals surface area contributed by atoms with E-state index in [2.05, 4.69) is 6.92 Å². The zero-order chi connectivity index (χ0) is 9.61. The fraction of sp³-hybridized carbons (Fsp3) is 1.00. The molecule has 12 heavy (non-hydrogen) atoms. The van der Waals surface area contributed by atoms with Gasteiger partial charge >= 0.3 is 0 Å². The van der Waals surface area contributed by atoms with Crippen molar-refractivity contribution in [3.63, 3.8) is 0 Å². The average molecular weight is 193 g/mol. The quantitative estimate of drug-likeness (QED) is 0.652. The van der Waals surface area contributed by atoms with Crippen molar-refractivity contribution in [2.45, 2.75) is 51.2 Å². The number of rotatable bonds is 6. The fourth-order valence-electron chi connectivity index (χ4n) is 1.22. The van der Waals surface area contributed by atoms with Crippen LogP contribution in [0.15, 0.2) is 0 Å². The summed E-state index contributed by atoms with van der Waals surface area (Å²) >= 11 is 0. The van der Waals surface area contributed by atoms with E-state index in [-0.39, 0.29) is 5.25 Å². The molecule has 0 heterocycles. The first kappa shape index (κ1) is 11.9.